The first-order chi connectivity index (χ1) is 10.9. The summed E-state index contributed by atoms with van der Waals surface area (Å²) in [6.07, 6.45) is 0. The number of benzene rings is 2. The maximum Gasteiger partial charge on any atom is 0.239 e. The molecule has 1 amide bonds. The highest BCUT2D eigenvalue weighted by molar-refractivity contribution is 6.06. The zero-order valence-electron chi connectivity index (χ0n) is 13.8. The van der Waals surface area contributed by atoms with E-state index in [0.29, 0.717) is 0 Å². The minimum Gasteiger partial charge on any atom is -0.373 e. The summed E-state index contributed by atoms with van der Waals surface area (Å²) in [5.41, 5.74) is 1.42. The fraction of sp³-hybridized carbons (Fsp3) is 0.250. The molecule has 1 fully saturated rings. The van der Waals surface area contributed by atoms with Crippen molar-refractivity contribution in [3.8, 4) is 0 Å². The lowest BCUT2D eigenvalue weighted by atomic mass is 9.74. The Morgan fingerprint density at radius 1 is 0.913 bits per heavy atom. The van der Waals surface area contributed by atoms with E-state index in [-0.39, 0.29) is 5.91 Å². The second-order valence-corrected chi connectivity index (χ2v) is 6.66. The first-order valence-electron chi connectivity index (χ1n) is 7.80. The Morgan fingerprint density at radius 2 is 1.43 bits per heavy atom. The molecule has 3 rings (SSSR count). The van der Waals surface area contributed by atoms with E-state index in [2.05, 4.69) is 11.9 Å². The van der Waals surface area contributed by atoms with Crippen molar-refractivity contribution >= 4 is 17.3 Å². The molecule has 118 valence electrons. The van der Waals surface area contributed by atoms with E-state index in [9.17, 15) is 4.79 Å². The van der Waals surface area contributed by atoms with Crippen LogP contribution < -0.4 is 10.2 Å². The summed E-state index contributed by atoms with van der Waals surface area (Å²) in [6, 6.07) is 19.6. The molecular formula is C20H22N2O. The summed E-state index contributed by atoms with van der Waals surface area (Å²) in [5, 5.41) is 3.53. The normalized spacial score (nSPS) is 23.2. The molecule has 3 heteroatoms. The molecule has 0 bridgehead atoms. The third kappa shape index (κ3) is 2.24. The average molecular weight is 306 g/mol. The van der Waals surface area contributed by atoms with Crippen LogP contribution in [0.5, 0.6) is 0 Å². The number of carbonyl (C=O) groups excluding carboxylic acids is 1. The highest BCUT2D eigenvalue weighted by Gasteiger charge is 2.58. The molecular weight excluding hydrogens is 284 g/mol. The van der Waals surface area contributed by atoms with Crippen LogP contribution in [0.4, 0.5) is 11.4 Å². The maximum absolute atomic E-state index is 13.1. The van der Waals surface area contributed by atoms with Gasteiger partial charge in [0.15, 0.2) is 0 Å². The van der Waals surface area contributed by atoms with Crippen LogP contribution in [-0.4, -0.2) is 11.4 Å². The molecule has 0 radical (unpaired) electrons. The highest BCUT2D eigenvalue weighted by Crippen LogP contribution is 2.49. The average Bonchev–Trinajstić information content (AvgIpc) is 2.68. The van der Waals surface area contributed by atoms with Gasteiger partial charge in [0.05, 0.1) is 11.0 Å². The molecule has 1 saturated heterocycles. The Hall–Kier alpha value is -2.55. The number of hydrogen-bond donors (Lipinski definition) is 1. The van der Waals surface area contributed by atoms with Gasteiger partial charge in [-0.1, -0.05) is 43.0 Å². The summed E-state index contributed by atoms with van der Waals surface area (Å²) < 4.78 is 0. The maximum atomic E-state index is 13.1. The number of para-hydroxylation sites is 2. The topological polar surface area (TPSA) is 32.3 Å². The molecule has 1 aliphatic rings. The van der Waals surface area contributed by atoms with Gasteiger partial charge in [0.25, 0.3) is 0 Å². The first kappa shape index (κ1) is 15.3. The fourth-order valence-electron chi connectivity index (χ4n) is 3.09. The van der Waals surface area contributed by atoms with Crippen LogP contribution in [0.25, 0.3) is 0 Å². The van der Waals surface area contributed by atoms with Gasteiger partial charge >= 0.3 is 0 Å². The van der Waals surface area contributed by atoms with Gasteiger partial charge in [0.2, 0.25) is 5.91 Å². The number of nitrogens with one attached hydrogen (secondary N) is 1. The molecule has 1 atom stereocenters. The van der Waals surface area contributed by atoms with Gasteiger partial charge < -0.3 is 5.32 Å². The fourth-order valence-corrected chi connectivity index (χ4v) is 3.09. The van der Waals surface area contributed by atoms with Crippen molar-refractivity contribution in [2.24, 2.45) is 5.41 Å². The van der Waals surface area contributed by atoms with Crippen LogP contribution in [0.15, 0.2) is 72.9 Å². The standard InChI is InChI=1S/C20H22N2O/c1-15-20(4,21-16-11-7-5-8-12-16)19(2,3)18(23)22(15)17-13-9-6-10-14-17/h5-14,21H,1H2,2-4H3. The number of rotatable bonds is 3. The number of carbonyl (C=O) groups is 1. The van der Waals surface area contributed by atoms with Gasteiger partial charge in [0.1, 0.15) is 0 Å². The minimum atomic E-state index is -0.615. The van der Waals surface area contributed by atoms with Crippen LogP contribution in [-0.2, 0) is 4.79 Å². The molecule has 3 nitrogen and oxygen atoms in total. The molecule has 1 unspecified atom stereocenters. The Morgan fingerprint density at radius 3 is 2.00 bits per heavy atom. The van der Waals surface area contributed by atoms with Crippen LogP contribution in [0, 0.1) is 5.41 Å². The quantitative estimate of drug-likeness (QED) is 0.909. The number of amides is 1. The van der Waals surface area contributed by atoms with Gasteiger partial charge in [-0.15, -0.1) is 0 Å². The number of nitrogens with zero attached hydrogens (tertiary/aromatic N) is 1. The van der Waals surface area contributed by atoms with E-state index in [1.165, 1.54) is 0 Å². The zero-order valence-corrected chi connectivity index (χ0v) is 13.8. The molecule has 1 aliphatic heterocycles. The molecule has 0 saturated carbocycles. The summed E-state index contributed by atoms with van der Waals surface area (Å²) in [7, 11) is 0. The number of hydrogen-bond acceptors (Lipinski definition) is 2. The molecule has 2 aromatic carbocycles. The highest BCUT2D eigenvalue weighted by atomic mass is 16.2. The predicted molar refractivity (Wildman–Crippen MR) is 95.3 cm³/mol. The van der Waals surface area contributed by atoms with Gasteiger partial charge in [-0.25, -0.2) is 0 Å². The largest absolute Gasteiger partial charge is 0.373 e. The minimum absolute atomic E-state index is 0.0552. The van der Waals surface area contributed by atoms with Crippen molar-refractivity contribution in [3.05, 3.63) is 72.9 Å². The van der Waals surface area contributed by atoms with Crippen molar-refractivity contribution < 1.29 is 4.79 Å². The van der Waals surface area contributed by atoms with E-state index in [4.69, 9.17) is 0 Å². The molecule has 0 aromatic heterocycles. The summed E-state index contributed by atoms with van der Waals surface area (Å²) in [5.74, 6) is 0.0552. The van der Waals surface area contributed by atoms with Crippen molar-refractivity contribution in [2.75, 3.05) is 10.2 Å². The summed E-state index contributed by atoms with van der Waals surface area (Å²) in [4.78, 5) is 14.8. The van der Waals surface area contributed by atoms with Gasteiger partial charge in [0, 0.05) is 17.1 Å². The predicted octanol–water partition coefficient (Wildman–Crippen LogP) is 4.44. The second kappa shape index (κ2) is 5.27. The van der Waals surface area contributed by atoms with Crippen molar-refractivity contribution in [3.63, 3.8) is 0 Å². The lowest BCUT2D eigenvalue weighted by molar-refractivity contribution is -0.125. The van der Waals surface area contributed by atoms with Crippen LogP contribution in [0.2, 0.25) is 0 Å². The Labute approximate surface area is 137 Å². The lowest BCUT2D eigenvalue weighted by Crippen LogP contribution is -2.47. The van der Waals surface area contributed by atoms with Gasteiger partial charge in [-0.05, 0) is 45.0 Å². The molecule has 1 heterocycles. The number of anilines is 2. The van der Waals surface area contributed by atoms with Crippen LogP contribution in [0.1, 0.15) is 20.8 Å². The van der Waals surface area contributed by atoms with E-state index >= 15 is 0 Å². The summed E-state index contributed by atoms with van der Waals surface area (Å²) in [6.45, 7) is 10.2. The third-order valence-corrected chi connectivity index (χ3v) is 5.02. The van der Waals surface area contributed by atoms with E-state index < -0.39 is 11.0 Å². The van der Waals surface area contributed by atoms with E-state index in [0.717, 1.165) is 17.1 Å². The second-order valence-electron chi connectivity index (χ2n) is 6.66. The SMILES string of the molecule is C=C1N(c2ccccc2)C(=O)C(C)(C)C1(C)Nc1ccccc1. The van der Waals surface area contributed by atoms with Crippen LogP contribution in [0.3, 0.4) is 0 Å². The van der Waals surface area contributed by atoms with E-state index in [1.807, 2.05) is 81.4 Å². The Balaban J connectivity index is 2.04. The molecule has 1 N–H and O–H groups in total. The molecule has 2 aromatic rings. The lowest BCUT2D eigenvalue weighted by Gasteiger charge is -2.37. The van der Waals surface area contributed by atoms with Gasteiger partial charge in [-0.2, -0.15) is 0 Å². The van der Waals surface area contributed by atoms with Crippen molar-refractivity contribution in [2.45, 2.75) is 26.3 Å². The van der Waals surface area contributed by atoms with Crippen LogP contribution >= 0.6 is 0 Å². The zero-order chi connectivity index (χ0) is 16.7. The summed E-state index contributed by atoms with van der Waals surface area (Å²) >= 11 is 0. The first-order valence-corrected chi connectivity index (χ1v) is 7.80. The molecule has 0 spiro atoms. The molecule has 23 heavy (non-hydrogen) atoms. The van der Waals surface area contributed by atoms with Gasteiger partial charge in [-0.3, -0.25) is 9.69 Å². The molecule has 0 aliphatic carbocycles. The van der Waals surface area contributed by atoms with E-state index in [1.54, 1.807) is 4.90 Å². The van der Waals surface area contributed by atoms with Crippen molar-refractivity contribution in [1.29, 1.82) is 0 Å². The van der Waals surface area contributed by atoms with Crippen molar-refractivity contribution in [1.82, 2.24) is 0 Å². The Bertz CT molecular complexity index is 737. The Kier molecular flexibility index (Phi) is 3.52. The smallest absolute Gasteiger partial charge is 0.239 e. The third-order valence-electron chi connectivity index (χ3n) is 5.02. The monoisotopic (exact) mass is 306 g/mol.